The molecule has 7 heteroatoms. The minimum absolute atomic E-state index is 0.449. The Balaban J connectivity index is 2.53. The van der Waals surface area contributed by atoms with Crippen LogP contribution < -0.4 is 10.2 Å². The quantitative estimate of drug-likeness (QED) is 0.746. The van der Waals surface area contributed by atoms with Crippen molar-refractivity contribution in [3.05, 3.63) is 6.33 Å². The molecular weight excluding hydrogens is 220 g/mol. The van der Waals surface area contributed by atoms with Crippen molar-refractivity contribution in [2.75, 3.05) is 23.3 Å². The first-order valence-corrected chi connectivity index (χ1v) is 5.46. The Labute approximate surface area is 98.3 Å². The van der Waals surface area contributed by atoms with Crippen LogP contribution in [0.4, 0.5) is 11.8 Å². The standard InChI is InChI=1S/C10H14N6O/c1-3-16(4-2)10-14-8-7(11-5-12-8)9(15-10)13-6-17/h5-6H,3-4H2,1-2H3,(H2,11,12,13,14,15,17). The highest BCUT2D eigenvalue weighted by atomic mass is 16.1. The number of aromatic nitrogens is 4. The molecule has 2 heterocycles. The van der Waals surface area contributed by atoms with E-state index in [1.165, 1.54) is 6.33 Å². The highest BCUT2D eigenvalue weighted by molar-refractivity contribution is 5.89. The van der Waals surface area contributed by atoms with Crippen LogP contribution in [0, 0.1) is 0 Å². The Kier molecular flexibility index (Phi) is 3.17. The number of amides is 1. The van der Waals surface area contributed by atoms with E-state index in [1.807, 2.05) is 18.7 Å². The van der Waals surface area contributed by atoms with E-state index in [0.29, 0.717) is 29.3 Å². The zero-order valence-corrected chi connectivity index (χ0v) is 9.77. The van der Waals surface area contributed by atoms with Crippen molar-refractivity contribution >= 4 is 29.3 Å². The number of carbonyl (C=O) groups excluding carboxylic acids is 1. The number of anilines is 2. The van der Waals surface area contributed by atoms with Gasteiger partial charge in [-0.2, -0.15) is 9.97 Å². The van der Waals surface area contributed by atoms with Gasteiger partial charge in [0.1, 0.15) is 5.52 Å². The predicted octanol–water partition coefficient (Wildman–Crippen LogP) is 0.767. The van der Waals surface area contributed by atoms with Gasteiger partial charge in [0.05, 0.1) is 6.33 Å². The monoisotopic (exact) mass is 234 g/mol. The minimum Gasteiger partial charge on any atom is -0.341 e. The largest absolute Gasteiger partial charge is 0.341 e. The van der Waals surface area contributed by atoms with E-state index < -0.39 is 0 Å². The fourth-order valence-electron chi connectivity index (χ4n) is 1.63. The maximum absolute atomic E-state index is 10.5. The summed E-state index contributed by atoms with van der Waals surface area (Å²) in [5.41, 5.74) is 1.18. The summed E-state index contributed by atoms with van der Waals surface area (Å²) in [6.07, 6.45) is 2.12. The number of rotatable bonds is 5. The molecule has 0 aliphatic rings. The minimum atomic E-state index is 0.449. The highest BCUT2D eigenvalue weighted by Crippen LogP contribution is 2.19. The predicted molar refractivity (Wildman–Crippen MR) is 64.9 cm³/mol. The third-order valence-corrected chi connectivity index (χ3v) is 2.52. The lowest BCUT2D eigenvalue weighted by Gasteiger charge is -2.18. The molecule has 0 saturated carbocycles. The Morgan fingerprint density at radius 2 is 2.18 bits per heavy atom. The summed E-state index contributed by atoms with van der Waals surface area (Å²) in [4.78, 5) is 28.2. The molecule has 0 fully saturated rings. The summed E-state index contributed by atoms with van der Waals surface area (Å²) in [5, 5.41) is 2.55. The maximum atomic E-state index is 10.5. The fourth-order valence-corrected chi connectivity index (χ4v) is 1.63. The van der Waals surface area contributed by atoms with Crippen LogP contribution in [0.25, 0.3) is 11.2 Å². The lowest BCUT2D eigenvalue weighted by molar-refractivity contribution is -0.105. The van der Waals surface area contributed by atoms with Crippen LogP contribution in [0.1, 0.15) is 13.8 Å². The van der Waals surface area contributed by atoms with E-state index in [2.05, 4.69) is 25.3 Å². The van der Waals surface area contributed by atoms with Crippen LogP contribution in [-0.4, -0.2) is 39.4 Å². The molecule has 0 aromatic carbocycles. The van der Waals surface area contributed by atoms with Crippen molar-refractivity contribution in [1.82, 2.24) is 19.9 Å². The molecule has 0 radical (unpaired) electrons. The molecular formula is C10H14N6O. The lowest BCUT2D eigenvalue weighted by atomic mass is 10.4. The van der Waals surface area contributed by atoms with Gasteiger partial charge in [0.2, 0.25) is 12.4 Å². The number of aromatic amines is 1. The van der Waals surface area contributed by atoms with Gasteiger partial charge in [0, 0.05) is 13.1 Å². The molecule has 0 unspecified atom stereocenters. The third-order valence-electron chi connectivity index (χ3n) is 2.52. The fraction of sp³-hybridized carbons (Fsp3) is 0.400. The van der Waals surface area contributed by atoms with Crippen LogP contribution >= 0.6 is 0 Å². The van der Waals surface area contributed by atoms with E-state index in [-0.39, 0.29) is 0 Å². The van der Waals surface area contributed by atoms with Gasteiger partial charge in [0.25, 0.3) is 0 Å². The summed E-state index contributed by atoms with van der Waals surface area (Å²) in [6.45, 7) is 5.64. The summed E-state index contributed by atoms with van der Waals surface area (Å²) in [7, 11) is 0. The molecule has 0 saturated heterocycles. The number of hydrogen-bond acceptors (Lipinski definition) is 5. The highest BCUT2D eigenvalue weighted by Gasteiger charge is 2.12. The van der Waals surface area contributed by atoms with Gasteiger partial charge in [-0.1, -0.05) is 0 Å². The van der Waals surface area contributed by atoms with Gasteiger partial charge in [-0.15, -0.1) is 0 Å². The topological polar surface area (TPSA) is 86.8 Å². The van der Waals surface area contributed by atoms with Crippen molar-refractivity contribution in [3.8, 4) is 0 Å². The van der Waals surface area contributed by atoms with Crippen molar-refractivity contribution in [2.24, 2.45) is 0 Å². The number of carbonyl (C=O) groups is 1. The van der Waals surface area contributed by atoms with Gasteiger partial charge >= 0.3 is 0 Å². The van der Waals surface area contributed by atoms with Gasteiger partial charge in [0.15, 0.2) is 11.5 Å². The Morgan fingerprint density at radius 3 is 2.82 bits per heavy atom. The lowest BCUT2D eigenvalue weighted by Crippen LogP contribution is -2.24. The molecule has 0 atom stereocenters. The molecule has 2 rings (SSSR count). The number of imidazole rings is 1. The Morgan fingerprint density at radius 1 is 1.41 bits per heavy atom. The molecule has 90 valence electrons. The molecule has 2 aromatic heterocycles. The third kappa shape index (κ3) is 2.03. The zero-order chi connectivity index (χ0) is 12.3. The van der Waals surface area contributed by atoms with Crippen LogP contribution in [0.5, 0.6) is 0 Å². The second kappa shape index (κ2) is 4.77. The van der Waals surface area contributed by atoms with E-state index in [9.17, 15) is 4.79 Å². The molecule has 17 heavy (non-hydrogen) atoms. The Bertz CT molecular complexity index is 518. The van der Waals surface area contributed by atoms with E-state index in [4.69, 9.17) is 0 Å². The second-order valence-corrected chi connectivity index (χ2v) is 3.41. The Hall–Kier alpha value is -2.18. The van der Waals surface area contributed by atoms with Crippen molar-refractivity contribution in [3.63, 3.8) is 0 Å². The van der Waals surface area contributed by atoms with E-state index in [0.717, 1.165) is 13.1 Å². The first kappa shape index (κ1) is 11.3. The number of fused-ring (bicyclic) bond motifs is 1. The van der Waals surface area contributed by atoms with Crippen LogP contribution in [0.2, 0.25) is 0 Å². The van der Waals surface area contributed by atoms with E-state index >= 15 is 0 Å². The van der Waals surface area contributed by atoms with Crippen molar-refractivity contribution < 1.29 is 4.79 Å². The summed E-state index contributed by atoms with van der Waals surface area (Å²) in [5.74, 6) is 1.02. The SMILES string of the molecule is CCN(CC)c1nc(NC=O)c2[nH]cnc2n1. The molecule has 0 bridgehead atoms. The second-order valence-electron chi connectivity index (χ2n) is 3.41. The van der Waals surface area contributed by atoms with Crippen molar-refractivity contribution in [1.29, 1.82) is 0 Å². The van der Waals surface area contributed by atoms with E-state index in [1.54, 1.807) is 0 Å². The first-order chi connectivity index (χ1) is 8.30. The average molecular weight is 234 g/mol. The number of nitrogens with one attached hydrogen (secondary N) is 2. The number of H-pyrrole nitrogens is 1. The van der Waals surface area contributed by atoms with Gasteiger partial charge in [-0.25, -0.2) is 4.98 Å². The van der Waals surface area contributed by atoms with Crippen molar-refractivity contribution in [2.45, 2.75) is 13.8 Å². The maximum Gasteiger partial charge on any atom is 0.229 e. The zero-order valence-electron chi connectivity index (χ0n) is 9.77. The van der Waals surface area contributed by atoms with Crippen LogP contribution in [-0.2, 0) is 4.79 Å². The molecule has 0 aliphatic carbocycles. The average Bonchev–Trinajstić information content (AvgIpc) is 2.79. The summed E-state index contributed by atoms with van der Waals surface area (Å²) in [6, 6.07) is 0. The number of nitrogens with zero attached hydrogens (tertiary/aromatic N) is 4. The van der Waals surface area contributed by atoms with Crippen LogP contribution in [0.15, 0.2) is 6.33 Å². The molecule has 0 aliphatic heterocycles. The van der Waals surface area contributed by atoms with Gasteiger partial charge in [-0.3, -0.25) is 4.79 Å². The summed E-state index contributed by atoms with van der Waals surface area (Å²) >= 11 is 0. The normalized spacial score (nSPS) is 10.5. The molecule has 2 aromatic rings. The molecule has 7 nitrogen and oxygen atoms in total. The number of hydrogen-bond donors (Lipinski definition) is 2. The molecule has 2 N–H and O–H groups in total. The smallest absolute Gasteiger partial charge is 0.229 e. The van der Waals surface area contributed by atoms with Crippen LogP contribution in [0.3, 0.4) is 0 Å². The summed E-state index contributed by atoms with van der Waals surface area (Å²) < 4.78 is 0. The van der Waals surface area contributed by atoms with Gasteiger partial charge in [-0.05, 0) is 13.8 Å². The first-order valence-electron chi connectivity index (χ1n) is 5.46. The molecule has 0 spiro atoms. The van der Waals surface area contributed by atoms with Gasteiger partial charge < -0.3 is 15.2 Å². The molecule has 1 amide bonds.